The second-order valence-electron chi connectivity index (χ2n) is 21.4. The molecule has 0 amide bonds. The molecule has 0 heterocycles. The maximum absolute atomic E-state index is 4.42. The van der Waals surface area contributed by atoms with Crippen LogP contribution in [0.5, 0.6) is 0 Å². The SMILES string of the molecule is CC(C)(C)/C=[CH]/[Ge]([C]#Cc1ccccc1)(/[C](=C/C(C)(C)C)[Ga]([C](C)(C)C)[C](C)(C)C)/[C](=C/C(C)(C)C)[Ga]([C](C)(C)C)[C](C)(C)C. The Balaban J connectivity index is 5.01. The predicted molar refractivity (Wildman–Crippen MR) is 213 cm³/mol. The Labute approximate surface area is 296 Å². The van der Waals surface area contributed by atoms with Crippen LogP contribution in [0.2, 0.25) is 15.9 Å². The normalized spacial score (nSPS) is 15.2. The van der Waals surface area contributed by atoms with E-state index in [0.29, 0.717) is 0 Å². The van der Waals surface area contributed by atoms with E-state index in [0.717, 1.165) is 5.56 Å². The zero-order valence-corrected chi connectivity index (χ0v) is 40.8. The van der Waals surface area contributed by atoms with E-state index in [1.807, 2.05) is 5.92 Å². The van der Waals surface area contributed by atoms with Gasteiger partial charge in [-0.1, -0.05) is 0 Å². The van der Waals surface area contributed by atoms with Crippen LogP contribution in [0, 0.1) is 26.9 Å². The Morgan fingerprint density at radius 3 is 1.11 bits per heavy atom. The number of benzene rings is 1. The van der Waals surface area contributed by atoms with Crippen molar-refractivity contribution < 1.29 is 0 Å². The van der Waals surface area contributed by atoms with Crippen LogP contribution in [0.1, 0.15) is 151 Å². The molecule has 0 atom stereocenters. The average Bonchev–Trinajstić information content (AvgIpc) is 2.73. The van der Waals surface area contributed by atoms with E-state index < -0.39 is 45.7 Å². The van der Waals surface area contributed by atoms with Gasteiger partial charge in [-0.15, -0.1) is 0 Å². The molecule has 0 aliphatic carbocycles. The Morgan fingerprint density at radius 2 is 0.844 bits per heavy atom. The van der Waals surface area contributed by atoms with Gasteiger partial charge < -0.3 is 0 Å². The Hall–Kier alpha value is -0.184. The van der Waals surface area contributed by atoms with Crippen LogP contribution in [0.4, 0.5) is 0 Å². The van der Waals surface area contributed by atoms with E-state index >= 15 is 0 Å². The van der Waals surface area contributed by atoms with Gasteiger partial charge in [-0.05, 0) is 0 Å². The van der Waals surface area contributed by atoms with Gasteiger partial charge in [0.2, 0.25) is 0 Å². The number of rotatable bonds is 5. The van der Waals surface area contributed by atoms with Gasteiger partial charge in [-0.3, -0.25) is 0 Å². The number of hydrogen-bond donors (Lipinski definition) is 0. The van der Waals surface area contributed by atoms with Gasteiger partial charge >= 0.3 is 299 Å². The molecule has 0 aromatic heterocycles. The molecular weight excluding hydrogens is 717 g/mol. The molecule has 0 spiro atoms. The molecule has 0 aliphatic heterocycles. The molecule has 0 N–H and O–H groups in total. The first-order chi connectivity index (χ1) is 19.7. The Morgan fingerprint density at radius 1 is 0.511 bits per heavy atom. The molecule has 1 rings (SSSR count). The van der Waals surface area contributed by atoms with Crippen molar-refractivity contribution >= 4 is 45.7 Å². The summed E-state index contributed by atoms with van der Waals surface area (Å²) in [6.45, 7) is 52.4. The van der Waals surface area contributed by atoms with E-state index in [2.05, 4.69) is 210 Å². The van der Waals surface area contributed by atoms with Gasteiger partial charge in [0.05, 0.1) is 0 Å². The summed E-state index contributed by atoms with van der Waals surface area (Å²) in [5, 5.41) is 0. The fourth-order valence-corrected chi connectivity index (χ4v) is 78.6. The fraction of sp³-hybridized carbons (Fsp3) is 0.667. The minimum absolute atomic E-state index is 0.0641. The molecule has 1 aromatic rings. The molecule has 250 valence electrons. The van der Waals surface area contributed by atoms with E-state index in [1.165, 1.54) is 0 Å². The van der Waals surface area contributed by atoms with Crippen molar-refractivity contribution in [2.75, 3.05) is 0 Å². The summed E-state index contributed by atoms with van der Waals surface area (Å²) in [7, 11) is 0. The van der Waals surface area contributed by atoms with E-state index in [9.17, 15) is 0 Å². The van der Waals surface area contributed by atoms with E-state index in [1.54, 1.807) is 0 Å². The summed E-state index contributed by atoms with van der Waals surface area (Å²) in [6.07, 6.45) is 8.21. The van der Waals surface area contributed by atoms with Gasteiger partial charge in [0.25, 0.3) is 0 Å². The third kappa shape index (κ3) is 13.7. The zero-order valence-electron chi connectivity index (χ0n) is 33.9. The first-order valence-electron chi connectivity index (χ1n) is 17.5. The summed E-state index contributed by atoms with van der Waals surface area (Å²) < 4.78 is 9.15. The first kappa shape index (κ1) is 42.8. The zero-order chi connectivity index (χ0) is 35.7. The molecule has 3 heteroatoms. The van der Waals surface area contributed by atoms with Gasteiger partial charge in [0.1, 0.15) is 0 Å². The fourth-order valence-electron chi connectivity index (χ4n) is 7.86. The molecule has 0 bridgehead atoms. The van der Waals surface area contributed by atoms with Crippen molar-refractivity contribution in [1.29, 1.82) is 0 Å². The van der Waals surface area contributed by atoms with Gasteiger partial charge in [0.15, 0.2) is 0 Å². The summed E-state index contributed by atoms with van der Waals surface area (Å²) in [4.78, 5) is 2.82. The predicted octanol–water partition coefficient (Wildman–Crippen LogP) is 13.5. The molecule has 0 radical (unpaired) electrons. The quantitative estimate of drug-likeness (QED) is 0.206. The first-order valence-corrected chi connectivity index (χ1v) is 29.1. The molecule has 0 aliphatic rings. The molecule has 0 saturated carbocycles. The second kappa shape index (κ2) is 14.7. The Kier molecular flexibility index (Phi) is 14.0. The van der Waals surface area contributed by atoms with E-state index in [4.69, 9.17) is 0 Å². The standard InChI is InChI=1S/C26H36Ge.4C4H9.2Ga/c1-24(2,3)16-20-27(21-17-25(4,5)6,22-18-26(7,8)9)19-15-23-13-11-10-12-14-23;4*1-4(2)3;;/h10-14,16-18,20H,1-9H3;4*1-3H3;;/b20-16+,21-17?,22-18?;;;;;;. The van der Waals surface area contributed by atoms with Crippen molar-refractivity contribution in [2.45, 2.75) is 161 Å². The van der Waals surface area contributed by atoms with Crippen molar-refractivity contribution in [3.8, 4) is 10.7 Å². The molecule has 1 aromatic carbocycles. The average molecular weight is 789 g/mol. The van der Waals surface area contributed by atoms with Crippen LogP contribution in [0.25, 0.3) is 0 Å². The number of allylic oxidation sites excluding steroid dienone is 3. The van der Waals surface area contributed by atoms with Crippen molar-refractivity contribution in [3.63, 3.8) is 0 Å². The molecular formula is C42H72Ga2Ge. The second-order valence-corrected chi connectivity index (χ2v) is 54.3. The van der Waals surface area contributed by atoms with Crippen molar-refractivity contribution in [3.05, 3.63) is 65.0 Å². The van der Waals surface area contributed by atoms with Crippen LogP contribution in [0.3, 0.4) is 0 Å². The molecule has 0 nitrogen and oxygen atoms in total. The topological polar surface area (TPSA) is 0 Å². The number of hydrogen-bond acceptors (Lipinski definition) is 0. The summed E-state index contributed by atoms with van der Waals surface area (Å²) in [6, 6.07) is 10.8. The molecule has 0 unspecified atom stereocenters. The van der Waals surface area contributed by atoms with Crippen molar-refractivity contribution in [2.24, 2.45) is 16.2 Å². The molecule has 0 fully saturated rings. The molecule has 45 heavy (non-hydrogen) atoms. The third-order valence-electron chi connectivity index (χ3n) is 8.18. The summed E-state index contributed by atoms with van der Waals surface area (Å²) in [5.74, 6) is 3.93. The third-order valence-corrected chi connectivity index (χ3v) is 49.2. The van der Waals surface area contributed by atoms with Crippen LogP contribution in [-0.2, 0) is 0 Å². The summed E-state index contributed by atoms with van der Waals surface area (Å²) in [5.41, 5.74) is 1.35. The maximum atomic E-state index is 4.42. The van der Waals surface area contributed by atoms with Crippen molar-refractivity contribution in [1.82, 2.24) is 0 Å². The monoisotopic (exact) mass is 788 g/mol. The Bertz CT molecular complexity index is 1180. The van der Waals surface area contributed by atoms with Crippen LogP contribution in [0.15, 0.2) is 59.4 Å². The minimum atomic E-state index is -3.59. The van der Waals surface area contributed by atoms with Gasteiger partial charge in [-0.25, -0.2) is 0 Å². The van der Waals surface area contributed by atoms with Gasteiger partial charge in [-0.2, -0.15) is 0 Å². The van der Waals surface area contributed by atoms with Crippen LogP contribution in [-0.4, -0.2) is 45.7 Å². The van der Waals surface area contributed by atoms with Gasteiger partial charge in [0, 0.05) is 0 Å². The summed E-state index contributed by atoms with van der Waals surface area (Å²) >= 11 is -8.32. The van der Waals surface area contributed by atoms with E-state index in [-0.39, 0.29) is 32.1 Å². The van der Waals surface area contributed by atoms with Crippen LogP contribution >= 0.6 is 0 Å². The molecule has 0 saturated heterocycles. The van der Waals surface area contributed by atoms with Crippen LogP contribution < -0.4 is 0 Å².